The van der Waals surface area contributed by atoms with Gasteiger partial charge >= 0.3 is 6.61 Å². The van der Waals surface area contributed by atoms with Crippen molar-refractivity contribution in [2.24, 2.45) is 4.99 Å². The summed E-state index contributed by atoms with van der Waals surface area (Å²) >= 11 is 1.13. The van der Waals surface area contributed by atoms with E-state index in [0.29, 0.717) is 23.1 Å². The van der Waals surface area contributed by atoms with Crippen molar-refractivity contribution >= 4 is 40.5 Å². The van der Waals surface area contributed by atoms with E-state index in [0.717, 1.165) is 17.3 Å². The van der Waals surface area contributed by atoms with Crippen LogP contribution in [-0.4, -0.2) is 42.5 Å². The third-order valence-electron chi connectivity index (χ3n) is 4.57. The molecule has 2 amide bonds. The SMILES string of the molecule is CCNC(=O)C(C)SC1=N/C(=C\c2ccc(OC)cc2)C(=O)N1c1ccc(OC(F)F)cc1. The molecule has 0 fully saturated rings. The second-order valence-corrected chi connectivity index (χ2v) is 8.17. The summed E-state index contributed by atoms with van der Waals surface area (Å²) in [7, 11) is 1.56. The number of hydrogen-bond donors (Lipinski definition) is 1. The Morgan fingerprint density at radius 3 is 2.36 bits per heavy atom. The lowest BCUT2D eigenvalue weighted by molar-refractivity contribution is -0.120. The van der Waals surface area contributed by atoms with Crippen LogP contribution in [0.15, 0.2) is 59.2 Å². The van der Waals surface area contributed by atoms with Crippen molar-refractivity contribution in [1.29, 1.82) is 0 Å². The number of ether oxygens (including phenoxy) is 2. The van der Waals surface area contributed by atoms with Gasteiger partial charge in [-0.15, -0.1) is 0 Å². The summed E-state index contributed by atoms with van der Waals surface area (Å²) in [6, 6.07) is 12.8. The van der Waals surface area contributed by atoms with Crippen LogP contribution in [-0.2, 0) is 9.59 Å². The first-order valence-corrected chi connectivity index (χ1v) is 11.0. The first-order chi connectivity index (χ1) is 15.8. The molecule has 174 valence electrons. The highest BCUT2D eigenvalue weighted by atomic mass is 32.2. The van der Waals surface area contributed by atoms with Crippen LogP contribution in [0.5, 0.6) is 11.5 Å². The Kier molecular flexibility index (Phi) is 8.05. The standard InChI is InChI=1S/C23H23F2N3O4S/c1-4-26-20(29)14(2)33-23-27-19(13-15-5-9-17(31-3)10-6-15)21(30)28(23)16-7-11-18(12-8-16)32-22(24)25/h5-14,22H,4H2,1-3H3,(H,26,29)/b19-13-. The van der Waals surface area contributed by atoms with Gasteiger partial charge in [0.15, 0.2) is 5.17 Å². The molecule has 2 aromatic carbocycles. The number of hydrogen-bond acceptors (Lipinski definition) is 6. The lowest BCUT2D eigenvalue weighted by atomic mass is 10.2. The van der Waals surface area contributed by atoms with E-state index in [2.05, 4.69) is 15.0 Å². The molecule has 1 unspecified atom stereocenters. The molecule has 1 aliphatic rings. The molecule has 0 spiro atoms. The average molecular weight is 476 g/mol. The lowest BCUT2D eigenvalue weighted by Crippen LogP contribution is -2.35. The van der Waals surface area contributed by atoms with Gasteiger partial charge in [-0.1, -0.05) is 23.9 Å². The molecule has 0 bridgehead atoms. The van der Waals surface area contributed by atoms with Gasteiger partial charge in [-0.25, -0.2) is 4.99 Å². The topological polar surface area (TPSA) is 80.2 Å². The highest BCUT2D eigenvalue weighted by Crippen LogP contribution is 2.32. The van der Waals surface area contributed by atoms with E-state index in [1.807, 2.05) is 6.92 Å². The molecule has 0 aliphatic carbocycles. The van der Waals surface area contributed by atoms with Gasteiger partial charge < -0.3 is 14.8 Å². The number of nitrogens with zero attached hydrogens (tertiary/aromatic N) is 2. The summed E-state index contributed by atoms with van der Waals surface area (Å²) in [6.07, 6.45) is 1.63. The molecule has 7 nitrogen and oxygen atoms in total. The minimum absolute atomic E-state index is 0.0313. The molecule has 0 radical (unpaired) electrons. The van der Waals surface area contributed by atoms with E-state index in [9.17, 15) is 18.4 Å². The Hall–Kier alpha value is -3.40. The number of alkyl halides is 2. The summed E-state index contributed by atoms with van der Waals surface area (Å²) in [5.74, 6) is 0.0548. The number of halogens is 2. The predicted octanol–water partition coefficient (Wildman–Crippen LogP) is 4.30. The van der Waals surface area contributed by atoms with Crippen LogP contribution in [0, 0.1) is 0 Å². The van der Waals surface area contributed by atoms with E-state index in [1.54, 1.807) is 44.4 Å². The molecule has 0 saturated heterocycles. The van der Waals surface area contributed by atoms with Crippen molar-refractivity contribution in [3.8, 4) is 11.5 Å². The fourth-order valence-corrected chi connectivity index (χ4v) is 3.92. The number of benzene rings is 2. The zero-order valence-electron chi connectivity index (χ0n) is 18.2. The summed E-state index contributed by atoms with van der Waals surface area (Å²) in [5, 5.41) is 2.53. The third kappa shape index (κ3) is 6.10. The Morgan fingerprint density at radius 1 is 1.15 bits per heavy atom. The third-order valence-corrected chi connectivity index (χ3v) is 5.62. The minimum Gasteiger partial charge on any atom is -0.497 e. The summed E-state index contributed by atoms with van der Waals surface area (Å²) in [5.41, 5.74) is 1.33. The van der Waals surface area contributed by atoms with Crippen molar-refractivity contribution in [2.45, 2.75) is 25.7 Å². The molecule has 2 aromatic rings. The van der Waals surface area contributed by atoms with Gasteiger partial charge in [0, 0.05) is 6.54 Å². The Bertz CT molecular complexity index is 1060. The maximum absolute atomic E-state index is 13.2. The van der Waals surface area contributed by atoms with Crippen LogP contribution in [0.25, 0.3) is 6.08 Å². The highest BCUT2D eigenvalue weighted by molar-refractivity contribution is 8.15. The number of anilines is 1. The number of nitrogens with one attached hydrogen (secondary N) is 1. The summed E-state index contributed by atoms with van der Waals surface area (Å²) in [6.45, 7) is 1.06. The Labute approximate surface area is 194 Å². The monoisotopic (exact) mass is 475 g/mol. The van der Waals surface area contributed by atoms with Crippen molar-refractivity contribution in [2.75, 3.05) is 18.6 Å². The normalized spacial score (nSPS) is 15.6. The second kappa shape index (κ2) is 11.0. The van der Waals surface area contributed by atoms with Gasteiger partial charge in [-0.3, -0.25) is 14.5 Å². The number of rotatable bonds is 8. The molecule has 10 heteroatoms. The van der Waals surface area contributed by atoms with Gasteiger partial charge in [0.25, 0.3) is 5.91 Å². The fraction of sp³-hybridized carbons (Fsp3) is 0.261. The number of carbonyl (C=O) groups excluding carboxylic acids is 2. The number of methoxy groups -OCH3 is 1. The van der Waals surface area contributed by atoms with Gasteiger partial charge in [0.2, 0.25) is 5.91 Å². The van der Waals surface area contributed by atoms with E-state index in [4.69, 9.17) is 4.74 Å². The van der Waals surface area contributed by atoms with E-state index in [-0.39, 0.29) is 17.4 Å². The first-order valence-electron chi connectivity index (χ1n) is 10.1. The van der Waals surface area contributed by atoms with E-state index < -0.39 is 17.8 Å². The molecule has 0 aromatic heterocycles. The zero-order valence-corrected chi connectivity index (χ0v) is 19.1. The number of aliphatic imine (C=N–C) groups is 1. The average Bonchev–Trinajstić information content (AvgIpc) is 3.09. The van der Waals surface area contributed by atoms with Gasteiger partial charge in [-0.05, 0) is 61.9 Å². The molecular weight excluding hydrogens is 452 g/mol. The summed E-state index contributed by atoms with van der Waals surface area (Å²) < 4.78 is 34.5. The van der Waals surface area contributed by atoms with Crippen LogP contribution in [0.3, 0.4) is 0 Å². The molecule has 3 rings (SSSR count). The van der Waals surface area contributed by atoms with Crippen LogP contribution >= 0.6 is 11.8 Å². The maximum atomic E-state index is 13.2. The predicted molar refractivity (Wildman–Crippen MR) is 125 cm³/mol. The van der Waals surface area contributed by atoms with Crippen LogP contribution in [0.4, 0.5) is 14.5 Å². The molecule has 1 atom stereocenters. The van der Waals surface area contributed by atoms with Gasteiger partial charge in [-0.2, -0.15) is 8.78 Å². The number of amides is 2. The molecule has 1 aliphatic heterocycles. The van der Waals surface area contributed by atoms with Gasteiger partial charge in [0.1, 0.15) is 17.2 Å². The van der Waals surface area contributed by atoms with Crippen LogP contribution in [0.1, 0.15) is 19.4 Å². The quantitative estimate of drug-likeness (QED) is 0.576. The molecule has 33 heavy (non-hydrogen) atoms. The lowest BCUT2D eigenvalue weighted by Gasteiger charge is -2.20. The van der Waals surface area contributed by atoms with Crippen molar-refractivity contribution in [1.82, 2.24) is 5.32 Å². The van der Waals surface area contributed by atoms with Crippen molar-refractivity contribution < 1.29 is 27.8 Å². The molecule has 1 heterocycles. The second-order valence-electron chi connectivity index (χ2n) is 6.86. The number of thioether (sulfide) groups is 1. The number of carbonyl (C=O) groups is 2. The summed E-state index contributed by atoms with van der Waals surface area (Å²) in [4.78, 5) is 31.3. The van der Waals surface area contributed by atoms with E-state index >= 15 is 0 Å². The Balaban J connectivity index is 1.93. The first kappa shape index (κ1) is 24.2. The molecule has 1 N–H and O–H groups in total. The van der Waals surface area contributed by atoms with E-state index in [1.165, 1.54) is 29.2 Å². The van der Waals surface area contributed by atoms with Crippen molar-refractivity contribution in [3.63, 3.8) is 0 Å². The maximum Gasteiger partial charge on any atom is 0.387 e. The molecule has 0 saturated carbocycles. The highest BCUT2D eigenvalue weighted by Gasteiger charge is 2.34. The fourth-order valence-electron chi connectivity index (χ4n) is 2.97. The molecular formula is C23H23F2N3O4S. The van der Waals surface area contributed by atoms with Crippen LogP contribution < -0.4 is 19.7 Å². The Morgan fingerprint density at radius 2 is 1.79 bits per heavy atom. The largest absolute Gasteiger partial charge is 0.497 e. The van der Waals surface area contributed by atoms with Crippen LogP contribution in [0.2, 0.25) is 0 Å². The number of amidine groups is 1. The van der Waals surface area contributed by atoms with Crippen molar-refractivity contribution in [3.05, 3.63) is 59.8 Å². The smallest absolute Gasteiger partial charge is 0.387 e. The van der Waals surface area contributed by atoms with Gasteiger partial charge in [0.05, 0.1) is 18.0 Å². The minimum atomic E-state index is -2.95. The zero-order chi connectivity index (χ0) is 24.0.